The standard InChI is InChI=1S/C20H16N6O2/c1-26-13-23-25-19(26)15-9-16(12-22-11-15)24-20(27)14-3-2-4-18(10-14)28-17-5-7-21-8-6-17/h2-13H,1H3,(H,24,27). The van der Waals surface area contributed by atoms with E-state index in [9.17, 15) is 4.79 Å². The summed E-state index contributed by atoms with van der Waals surface area (Å²) in [6, 6.07) is 12.2. The molecule has 3 heterocycles. The SMILES string of the molecule is Cn1cnnc1-c1cncc(NC(=O)c2cccc(Oc3ccncc3)c2)c1. The molecule has 3 aromatic heterocycles. The van der Waals surface area contributed by atoms with Gasteiger partial charge in [0.1, 0.15) is 17.8 Å². The van der Waals surface area contributed by atoms with E-state index in [2.05, 4.69) is 25.5 Å². The van der Waals surface area contributed by atoms with Crippen LogP contribution in [0.5, 0.6) is 11.5 Å². The van der Waals surface area contributed by atoms with E-state index in [-0.39, 0.29) is 5.91 Å². The van der Waals surface area contributed by atoms with E-state index in [1.807, 2.05) is 7.05 Å². The molecule has 0 spiro atoms. The Kier molecular flexibility index (Phi) is 4.75. The molecule has 1 aromatic carbocycles. The smallest absolute Gasteiger partial charge is 0.255 e. The number of aromatic nitrogens is 5. The Morgan fingerprint density at radius 2 is 1.89 bits per heavy atom. The van der Waals surface area contributed by atoms with E-state index in [1.54, 1.807) is 78.1 Å². The summed E-state index contributed by atoms with van der Waals surface area (Å²) in [7, 11) is 1.84. The Balaban J connectivity index is 1.51. The molecule has 4 rings (SSSR count). The van der Waals surface area contributed by atoms with Crippen molar-refractivity contribution in [3.63, 3.8) is 0 Å². The molecule has 0 aliphatic heterocycles. The van der Waals surface area contributed by atoms with Crippen molar-refractivity contribution in [1.29, 1.82) is 0 Å². The number of ether oxygens (including phenoxy) is 1. The molecule has 0 saturated carbocycles. The lowest BCUT2D eigenvalue weighted by molar-refractivity contribution is 0.102. The Hall–Kier alpha value is -4.07. The van der Waals surface area contributed by atoms with Gasteiger partial charge in [-0.3, -0.25) is 14.8 Å². The maximum Gasteiger partial charge on any atom is 0.255 e. The fraction of sp³-hybridized carbons (Fsp3) is 0.0500. The van der Waals surface area contributed by atoms with Gasteiger partial charge in [-0.1, -0.05) is 6.07 Å². The van der Waals surface area contributed by atoms with Crippen LogP contribution in [0.4, 0.5) is 5.69 Å². The highest BCUT2D eigenvalue weighted by atomic mass is 16.5. The van der Waals surface area contributed by atoms with Crippen LogP contribution in [0.15, 0.2) is 73.6 Å². The average Bonchev–Trinajstić information content (AvgIpc) is 3.15. The van der Waals surface area contributed by atoms with Gasteiger partial charge >= 0.3 is 0 Å². The molecular formula is C20H16N6O2. The first-order valence-corrected chi connectivity index (χ1v) is 8.48. The number of rotatable bonds is 5. The minimum Gasteiger partial charge on any atom is -0.457 e. The van der Waals surface area contributed by atoms with Gasteiger partial charge in [0.15, 0.2) is 5.82 Å². The zero-order valence-electron chi connectivity index (χ0n) is 15.0. The van der Waals surface area contributed by atoms with Crippen LogP contribution in [0.25, 0.3) is 11.4 Å². The maximum atomic E-state index is 12.6. The Bertz CT molecular complexity index is 1110. The molecule has 8 nitrogen and oxygen atoms in total. The third kappa shape index (κ3) is 3.85. The van der Waals surface area contributed by atoms with Crippen molar-refractivity contribution in [2.45, 2.75) is 0 Å². The second-order valence-electron chi connectivity index (χ2n) is 5.99. The molecule has 0 aliphatic rings. The zero-order valence-corrected chi connectivity index (χ0v) is 15.0. The fourth-order valence-electron chi connectivity index (χ4n) is 2.62. The van der Waals surface area contributed by atoms with Crippen LogP contribution in [-0.2, 0) is 7.05 Å². The minimum atomic E-state index is -0.267. The van der Waals surface area contributed by atoms with Gasteiger partial charge in [0, 0.05) is 36.8 Å². The van der Waals surface area contributed by atoms with Gasteiger partial charge < -0.3 is 14.6 Å². The van der Waals surface area contributed by atoms with Gasteiger partial charge in [0.05, 0.1) is 11.9 Å². The highest BCUT2D eigenvalue weighted by Gasteiger charge is 2.10. The molecule has 0 unspecified atom stereocenters. The highest BCUT2D eigenvalue weighted by Crippen LogP contribution is 2.23. The lowest BCUT2D eigenvalue weighted by Gasteiger charge is -2.09. The number of amides is 1. The largest absolute Gasteiger partial charge is 0.457 e. The van der Waals surface area contributed by atoms with Crippen LogP contribution >= 0.6 is 0 Å². The van der Waals surface area contributed by atoms with Gasteiger partial charge in [-0.15, -0.1) is 10.2 Å². The maximum absolute atomic E-state index is 12.6. The molecule has 0 fully saturated rings. The number of hydrogen-bond acceptors (Lipinski definition) is 6. The number of nitrogens with one attached hydrogen (secondary N) is 1. The summed E-state index contributed by atoms with van der Waals surface area (Å²) in [4.78, 5) is 20.8. The Labute approximate surface area is 160 Å². The van der Waals surface area contributed by atoms with E-state index in [1.165, 1.54) is 0 Å². The van der Waals surface area contributed by atoms with Crippen LogP contribution in [0.3, 0.4) is 0 Å². The van der Waals surface area contributed by atoms with Crippen LogP contribution < -0.4 is 10.1 Å². The molecule has 0 radical (unpaired) electrons. The summed E-state index contributed by atoms with van der Waals surface area (Å²) in [5.41, 5.74) is 1.79. The summed E-state index contributed by atoms with van der Waals surface area (Å²) >= 11 is 0. The first-order chi connectivity index (χ1) is 13.7. The topological polar surface area (TPSA) is 94.8 Å². The van der Waals surface area contributed by atoms with Crippen molar-refractivity contribution in [2.24, 2.45) is 7.05 Å². The van der Waals surface area contributed by atoms with E-state index < -0.39 is 0 Å². The summed E-state index contributed by atoms with van der Waals surface area (Å²) < 4.78 is 7.53. The summed E-state index contributed by atoms with van der Waals surface area (Å²) in [6.07, 6.45) is 8.14. The van der Waals surface area contributed by atoms with Crippen molar-refractivity contribution in [3.05, 3.63) is 79.1 Å². The summed E-state index contributed by atoms with van der Waals surface area (Å²) in [6.45, 7) is 0. The molecule has 1 amide bonds. The zero-order chi connectivity index (χ0) is 19.3. The van der Waals surface area contributed by atoms with Crippen molar-refractivity contribution < 1.29 is 9.53 Å². The van der Waals surface area contributed by atoms with Crippen LogP contribution in [-0.4, -0.2) is 30.6 Å². The first-order valence-electron chi connectivity index (χ1n) is 8.48. The number of benzene rings is 1. The van der Waals surface area contributed by atoms with Gasteiger partial charge in [-0.05, 0) is 36.4 Å². The molecule has 0 aliphatic carbocycles. The van der Waals surface area contributed by atoms with Crippen molar-refractivity contribution in [2.75, 3.05) is 5.32 Å². The first kappa shape index (κ1) is 17.3. The second kappa shape index (κ2) is 7.67. The van der Waals surface area contributed by atoms with Crippen LogP contribution in [0.1, 0.15) is 10.4 Å². The third-order valence-corrected chi connectivity index (χ3v) is 3.95. The quantitative estimate of drug-likeness (QED) is 0.577. The predicted octanol–water partition coefficient (Wildman–Crippen LogP) is 3.32. The van der Waals surface area contributed by atoms with Crippen LogP contribution in [0, 0.1) is 0 Å². The second-order valence-corrected chi connectivity index (χ2v) is 5.99. The van der Waals surface area contributed by atoms with E-state index >= 15 is 0 Å². The predicted molar refractivity (Wildman–Crippen MR) is 103 cm³/mol. The number of carbonyl (C=O) groups is 1. The third-order valence-electron chi connectivity index (χ3n) is 3.95. The van der Waals surface area contributed by atoms with E-state index in [0.29, 0.717) is 28.6 Å². The molecular weight excluding hydrogens is 356 g/mol. The summed E-state index contributed by atoms with van der Waals surface area (Å²) in [5.74, 6) is 1.60. The van der Waals surface area contributed by atoms with Crippen molar-refractivity contribution in [1.82, 2.24) is 24.7 Å². The molecule has 138 valence electrons. The lowest BCUT2D eigenvalue weighted by Crippen LogP contribution is -2.12. The Morgan fingerprint density at radius 1 is 1.04 bits per heavy atom. The Morgan fingerprint density at radius 3 is 2.68 bits per heavy atom. The molecule has 8 heteroatoms. The number of aryl methyl sites for hydroxylation is 1. The number of nitrogens with zero attached hydrogens (tertiary/aromatic N) is 5. The monoisotopic (exact) mass is 372 g/mol. The average molecular weight is 372 g/mol. The van der Waals surface area contributed by atoms with Gasteiger partial charge in [0.2, 0.25) is 0 Å². The molecule has 1 N–H and O–H groups in total. The van der Waals surface area contributed by atoms with E-state index in [0.717, 1.165) is 5.56 Å². The van der Waals surface area contributed by atoms with Crippen molar-refractivity contribution in [3.8, 4) is 22.9 Å². The van der Waals surface area contributed by atoms with Gasteiger partial charge in [-0.25, -0.2) is 0 Å². The number of anilines is 1. The lowest BCUT2D eigenvalue weighted by atomic mass is 10.2. The summed E-state index contributed by atoms with van der Waals surface area (Å²) in [5, 5.41) is 10.8. The van der Waals surface area contributed by atoms with Crippen molar-refractivity contribution >= 4 is 11.6 Å². The fourth-order valence-corrected chi connectivity index (χ4v) is 2.62. The molecule has 0 saturated heterocycles. The highest BCUT2D eigenvalue weighted by molar-refractivity contribution is 6.04. The minimum absolute atomic E-state index is 0.267. The molecule has 0 bridgehead atoms. The number of hydrogen-bond donors (Lipinski definition) is 1. The molecule has 0 atom stereocenters. The van der Waals surface area contributed by atoms with Crippen LogP contribution in [0.2, 0.25) is 0 Å². The van der Waals surface area contributed by atoms with E-state index in [4.69, 9.17) is 4.74 Å². The molecule has 4 aromatic rings. The number of carbonyl (C=O) groups excluding carboxylic acids is 1. The van der Waals surface area contributed by atoms with Gasteiger partial charge in [0.25, 0.3) is 5.91 Å². The molecule has 28 heavy (non-hydrogen) atoms. The van der Waals surface area contributed by atoms with Gasteiger partial charge in [-0.2, -0.15) is 0 Å². The number of pyridine rings is 2. The normalized spacial score (nSPS) is 10.5.